The molecule has 0 amide bonds. The van der Waals surface area contributed by atoms with Gasteiger partial charge in [-0.3, -0.25) is 0 Å². The normalized spacial score (nSPS) is 9.40. The van der Waals surface area contributed by atoms with Gasteiger partial charge in [0.25, 0.3) is 0 Å². The van der Waals surface area contributed by atoms with E-state index in [9.17, 15) is 29.7 Å². The van der Waals surface area contributed by atoms with Gasteiger partial charge < -0.3 is 34.8 Å². The van der Waals surface area contributed by atoms with E-state index in [0.717, 1.165) is 0 Å². The van der Waals surface area contributed by atoms with Gasteiger partial charge in [0.1, 0.15) is 5.60 Å². The minimum atomic E-state index is -2.97. The molecule has 0 aromatic heterocycles. The Bertz CT molecular complexity index is 238. The van der Waals surface area contributed by atoms with E-state index in [4.69, 9.17) is 5.11 Å². The first-order valence-electron chi connectivity index (χ1n) is 3.11. The van der Waals surface area contributed by atoms with Crippen LogP contribution in [0.4, 0.5) is 0 Å². The Morgan fingerprint density at radius 3 is 1.40 bits per heavy atom. The standard InChI is InChI=1S/C6H8O7.Fe.K/c7-3(8)1-6(13,5(11)12)2-4(9)10;;/h13H,1-2H2,(H,7,8)(H,9,10)(H,11,12);;/q;+3;/p-3. The van der Waals surface area contributed by atoms with Crippen LogP contribution in [0.5, 0.6) is 0 Å². The summed E-state index contributed by atoms with van der Waals surface area (Å²) in [5, 5.41) is 38.9. The van der Waals surface area contributed by atoms with E-state index in [1.807, 2.05) is 0 Å². The summed E-state index contributed by atoms with van der Waals surface area (Å²) in [4.78, 5) is 30.0. The summed E-state index contributed by atoms with van der Waals surface area (Å²) in [6.07, 6.45) is -2.72. The molecule has 0 saturated heterocycles. The molecule has 0 aromatic carbocycles. The van der Waals surface area contributed by atoms with Crippen LogP contribution in [0.3, 0.4) is 0 Å². The van der Waals surface area contributed by atoms with Crippen molar-refractivity contribution in [3.8, 4) is 0 Å². The molecular weight excluding hydrogens is 279 g/mol. The monoisotopic (exact) mass is 284 g/mol. The van der Waals surface area contributed by atoms with Crippen LogP contribution in [0, 0.1) is 0 Å². The third-order valence-corrected chi connectivity index (χ3v) is 1.25. The van der Waals surface area contributed by atoms with Crippen LogP contribution in [-0.2, 0) is 31.5 Å². The molecule has 0 atom stereocenters. The van der Waals surface area contributed by atoms with Crippen LogP contribution >= 0.6 is 0 Å². The molecule has 0 aliphatic rings. The van der Waals surface area contributed by atoms with Crippen LogP contribution < -0.4 is 15.3 Å². The SMILES string of the molecule is O=C([O-])CC(O)(CC(=O)[O-])C(=O)[O-].[Fe+3].[K]. The van der Waals surface area contributed by atoms with Crippen molar-refractivity contribution in [2.45, 2.75) is 18.4 Å². The fraction of sp³-hybridized carbons (Fsp3) is 0.500. The second-order valence-electron chi connectivity index (χ2n) is 2.42. The first-order valence-corrected chi connectivity index (χ1v) is 3.11. The number of hydrogen-bond donors (Lipinski definition) is 1. The molecule has 0 saturated carbocycles. The Hall–Kier alpha value is 0.526. The predicted molar refractivity (Wildman–Crippen MR) is 35.0 cm³/mol. The zero-order valence-electron chi connectivity index (χ0n) is 7.66. The van der Waals surface area contributed by atoms with Gasteiger partial charge in [0, 0.05) is 76.2 Å². The van der Waals surface area contributed by atoms with Gasteiger partial charge in [-0.05, 0) is 0 Å². The Labute approximate surface area is 138 Å². The van der Waals surface area contributed by atoms with Crippen LogP contribution in [0.1, 0.15) is 12.8 Å². The molecule has 0 rings (SSSR count). The molecule has 0 bridgehead atoms. The van der Waals surface area contributed by atoms with Crippen molar-refractivity contribution in [3.63, 3.8) is 0 Å². The van der Waals surface area contributed by atoms with E-state index in [0.29, 0.717) is 0 Å². The topological polar surface area (TPSA) is 141 Å². The summed E-state index contributed by atoms with van der Waals surface area (Å²) in [6.45, 7) is 0. The fourth-order valence-electron chi connectivity index (χ4n) is 0.684. The molecule has 0 aliphatic carbocycles. The summed E-state index contributed by atoms with van der Waals surface area (Å²) in [5.41, 5.74) is -2.97. The van der Waals surface area contributed by atoms with Crippen molar-refractivity contribution in [3.05, 3.63) is 0 Å². The molecule has 15 heavy (non-hydrogen) atoms. The zero-order valence-corrected chi connectivity index (χ0v) is 11.9. The number of carbonyl (C=O) groups is 3. The Morgan fingerprint density at radius 1 is 1.00 bits per heavy atom. The number of rotatable bonds is 5. The smallest absolute Gasteiger partial charge is 0.550 e. The average molecular weight is 284 g/mol. The maximum absolute atomic E-state index is 10.1. The summed E-state index contributed by atoms with van der Waals surface area (Å²) >= 11 is 0. The molecule has 9 heteroatoms. The second kappa shape index (κ2) is 8.65. The van der Waals surface area contributed by atoms with Crippen LogP contribution in [0.15, 0.2) is 0 Å². The summed E-state index contributed by atoms with van der Waals surface area (Å²) < 4.78 is 0. The molecule has 0 spiro atoms. The first-order chi connectivity index (χ1) is 5.78. The molecule has 0 heterocycles. The van der Waals surface area contributed by atoms with Gasteiger partial charge in [0.15, 0.2) is 0 Å². The number of aliphatic hydroxyl groups is 1. The molecule has 7 nitrogen and oxygen atoms in total. The molecule has 0 aliphatic heterocycles. The van der Waals surface area contributed by atoms with Crippen molar-refractivity contribution >= 4 is 69.3 Å². The zero-order chi connectivity index (χ0) is 10.6. The van der Waals surface area contributed by atoms with Gasteiger partial charge in [-0.15, -0.1) is 0 Å². The van der Waals surface area contributed by atoms with Crippen molar-refractivity contribution in [1.29, 1.82) is 0 Å². The maximum atomic E-state index is 10.1. The minimum Gasteiger partial charge on any atom is -0.550 e. The first kappa shape index (κ1) is 20.9. The van der Waals surface area contributed by atoms with Crippen LogP contribution in [0.2, 0.25) is 0 Å². The third kappa shape index (κ3) is 8.35. The molecule has 0 fully saturated rings. The summed E-state index contributed by atoms with van der Waals surface area (Å²) in [5.74, 6) is -5.98. The molecular formula is C6H5FeKO7. The van der Waals surface area contributed by atoms with Crippen LogP contribution in [-0.4, -0.2) is 80.0 Å². The van der Waals surface area contributed by atoms with Gasteiger partial charge in [-0.1, -0.05) is 0 Å². The summed E-state index contributed by atoms with van der Waals surface area (Å²) in [6, 6.07) is 0. The van der Waals surface area contributed by atoms with E-state index in [2.05, 4.69) is 0 Å². The number of carboxylic acids is 3. The fourth-order valence-corrected chi connectivity index (χ4v) is 0.684. The Balaban J connectivity index is -0.000000720. The number of carboxylic acid groups (broad SMARTS) is 3. The third-order valence-electron chi connectivity index (χ3n) is 1.25. The quantitative estimate of drug-likeness (QED) is 0.496. The second-order valence-corrected chi connectivity index (χ2v) is 2.42. The van der Waals surface area contributed by atoms with E-state index in [-0.39, 0.29) is 68.5 Å². The van der Waals surface area contributed by atoms with Crippen molar-refractivity contribution in [2.75, 3.05) is 0 Å². The van der Waals surface area contributed by atoms with Gasteiger partial charge in [0.2, 0.25) is 0 Å². The van der Waals surface area contributed by atoms with Gasteiger partial charge in [0.05, 0.1) is 5.97 Å². The van der Waals surface area contributed by atoms with Gasteiger partial charge in [-0.2, -0.15) is 0 Å². The van der Waals surface area contributed by atoms with Gasteiger partial charge in [-0.25, -0.2) is 0 Å². The Morgan fingerprint density at radius 2 is 1.27 bits per heavy atom. The predicted octanol–water partition coefficient (Wildman–Crippen LogP) is -5.64. The minimum absolute atomic E-state index is 0. The van der Waals surface area contributed by atoms with E-state index >= 15 is 0 Å². The van der Waals surface area contributed by atoms with Crippen molar-refractivity contribution in [1.82, 2.24) is 0 Å². The molecule has 1 N–H and O–H groups in total. The number of carbonyl (C=O) groups excluding carboxylic acids is 3. The largest absolute Gasteiger partial charge is 3.00 e. The maximum Gasteiger partial charge on any atom is 3.00 e. The molecule has 2 radical (unpaired) electrons. The summed E-state index contributed by atoms with van der Waals surface area (Å²) in [7, 11) is 0. The van der Waals surface area contributed by atoms with Crippen molar-refractivity contribution in [2.24, 2.45) is 0 Å². The van der Waals surface area contributed by atoms with E-state index in [1.165, 1.54) is 0 Å². The molecule has 0 aromatic rings. The van der Waals surface area contributed by atoms with Crippen molar-refractivity contribution < 1.29 is 51.9 Å². The van der Waals surface area contributed by atoms with Gasteiger partial charge >= 0.3 is 17.1 Å². The molecule has 80 valence electrons. The van der Waals surface area contributed by atoms with Crippen LogP contribution in [0.25, 0.3) is 0 Å². The number of hydrogen-bond acceptors (Lipinski definition) is 7. The van der Waals surface area contributed by atoms with E-state index in [1.54, 1.807) is 0 Å². The number of aliphatic carboxylic acids is 3. The Kier molecular flexibility index (Phi) is 12.0. The van der Waals surface area contributed by atoms with E-state index < -0.39 is 36.4 Å². The average Bonchev–Trinajstić information content (AvgIpc) is 1.82. The molecule has 0 unspecified atom stereocenters.